The maximum atomic E-state index is 15.5. The van der Waals surface area contributed by atoms with Gasteiger partial charge in [-0.1, -0.05) is 24.3 Å². The first-order valence-corrected chi connectivity index (χ1v) is 17.0. The second-order valence-corrected chi connectivity index (χ2v) is 13.4. The van der Waals surface area contributed by atoms with Crippen molar-refractivity contribution >= 4 is 31.6 Å². The molecule has 1 aliphatic rings. The highest BCUT2D eigenvalue weighted by Crippen LogP contribution is 2.42. The first kappa shape index (κ1) is 37.0. The summed E-state index contributed by atoms with van der Waals surface area (Å²) in [5.74, 6) is -3.15. The maximum Gasteiger partial charge on any atom is 0.469 e. The number of nitriles is 1. The van der Waals surface area contributed by atoms with Gasteiger partial charge in [-0.3, -0.25) is 9.32 Å². The first-order valence-electron chi connectivity index (χ1n) is 14.5. The van der Waals surface area contributed by atoms with Crippen LogP contribution < -0.4 is 0 Å². The molecule has 0 amide bonds. The van der Waals surface area contributed by atoms with Gasteiger partial charge in [-0.25, -0.2) is 27.4 Å². The predicted octanol–water partition coefficient (Wildman–Crippen LogP) is 5.03. The third kappa shape index (κ3) is 10.6. The van der Waals surface area contributed by atoms with Crippen LogP contribution in [0, 0.1) is 28.8 Å². The van der Waals surface area contributed by atoms with E-state index in [4.69, 9.17) is 29.3 Å². The van der Waals surface area contributed by atoms with Crippen LogP contribution >= 0.6 is 19.6 Å². The van der Waals surface area contributed by atoms with Gasteiger partial charge in [0.2, 0.25) is 0 Å². The molecule has 17 heteroatoms. The Balaban J connectivity index is 1.47. The van der Waals surface area contributed by atoms with E-state index in [-0.39, 0.29) is 49.0 Å². The number of benzene rings is 2. The van der Waals surface area contributed by atoms with Crippen LogP contribution in [0.1, 0.15) is 36.5 Å². The summed E-state index contributed by atoms with van der Waals surface area (Å²) in [6.45, 7) is 1.45. The Kier molecular flexibility index (Phi) is 13.1. The topological polar surface area (TPSA) is 166 Å². The number of hydrogen-bond acceptors (Lipinski definition) is 10. The molecule has 0 bridgehead atoms. The SMILES string of the molecule is C[C@@H](S[C@H]1CO[C@H](/C=C/C=C/c2ccc(C#N)cc2F)OC1)[C@@](Cn1cncn1)(OC(=O)CCCOP(=O)(O)O)c1ccc(F)cc1F. The monoisotopic (exact) mass is 708 g/mol. The van der Waals surface area contributed by atoms with Gasteiger partial charge in [0.15, 0.2) is 11.9 Å². The third-order valence-corrected chi connectivity index (χ3v) is 9.03. The second kappa shape index (κ2) is 17.0. The fourth-order valence-corrected chi connectivity index (χ4v) is 6.51. The number of phosphoric acid groups is 1. The molecule has 1 aromatic heterocycles. The molecular formula is C31H32F3N4O8PS. The zero-order valence-electron chi connectivity index (χ0n) is 25.5. The molecule has 0 spiro atoms. The van der Waals surface area contributed by atoms with E-state index in [2.05, 4.69) is 14.6 Å². The van der Waals surface area contributed by atoms with Gasteiger partial charge in [-0.15, -0.1) is 11.8 Å². The van der Waals surface area contributed by atoms with Crippen LogP contribution in [0.25, 0.3) is 6.08 Å². The zero-order valence-corrected chi connectivity index (χ0v) is 27.2. The van der Waals surface area contributed by atoms with Crippen molar-refractivity contribution in [1.82, 2.24) is 14.8 Å². The van der Waals surface area contributed by atoms with Crippen LogP contribution in [0.5, 0.6) is 0 Å². The predicted molar refractivity (Wildman–Crippen MR) is 167 cm³/mol. The number of phosphoric ester groups is 1. The Morgan fingerprint density at radius 1 is 1.21 bits per heavy atom. The molecule has 2 atom stereocenters. The number of allylic oxidation sites excluding steroid dienone is 2. The molecule has 2 N–H and O–H groups in total. The van der Waals surface area contributed by atoms with Crippen LogP contribution in [0.2, 0.25) is 0 Å². The quantitative estimate of drug-likeness (QED) is 0.0938. The molecule has 0 saturated carbocycles. The number of carbonyl (C=O) groups is 1. The van der Waals surface area contributed by atoms with Crippen LogP contribution in [0.3, 0.4) is 0 Å². The normalized spacial score (nSPS) is 18.9. The van der Waals surface area contributed by atoms with Gasteiger partial charge in [0, 0.05) is 28.9 Å². The van der Waals surface area contributed by atoms with E-state index in [9.17, 15) is 18.1 Å². The molecule has 1 aliphatic heterocycles. The van der Waals surface area contributed by atoms with Crippen LogP contribution in [-0.4, -0.2) is 67.1 Å². The van der Waals surface area contributed by atoms with Gasteiger partial charge in [-0.05, 0) is 43.7 Å². The molecule has 1 saturated heterocycles. The first-order chi connectivity index (χ1) is 22.9. The number of aromatic nitrogens is 3. The van der Waals surface area contributed by atoms with E-state index in [1.165, 1.54) is 53.4 Å². The molecule has 0 unspecified atom stereocenters. The highest BCUT2D eigenvalue weighted by Gasteiger charge is 2.46. The molecule has 4 rings (SSSR count). The molecule has 256 valence electrons. The van der Waals surface area contributed by atoms with Crippen molar-refractivity contribution in [3.63, 3.8) is 0 Å². The van der Waals surface area contributed by atoms with E-state index in [1.807, 2.05) is 6.07 Å². The Labute approximate surface area is 278 Å². The summed E-state index contributed by atoms with van der Waals surface area (Å²) in [4.78, 5) is 34.9. The largest absolute Gasteiger partial charge is 0.469 e. The number of ether oxygens (including phenoxy) is 3. The Bertz CT molecular complexity index is 1690. The lowest BCUT2D eigenvalue weighted by atomic mass is 9.89. The third-order valence-electron chi connectivity index (χ3n) is 7.06. The van der Waals surface area contributed by atoms with Gasteiger partial charge in [0.1, 0.15) is 30.1 Å². The lowest BCUT2D eigenvalue weighted by molar-refractivity contribution is -0.164. The van der Waals surface area contributed by atoms with Crippen LogP contribution in [0.15, 0.2) is 67.3 Å². The molecule has 48 heavy (non-hydrogen) atoms. The van der Waals surface area contributed by atoms with E-state index in [0.717, 1.165) is 12.1 Å². The van der Waals surface area contributed by atoms with Crippen LogP contribution in [-0.2, 0) is 40.2 Å². The average Bonchev–Trinajstić information content (AvgIpc) is 3.55. The van der Waals surface area contributed by atoms with Gasteiger partial charge in [-0.2, -0.15) is 10.4 Å². The standard InChI is InChI=1S/C31H32F3N4O8PS/c1-21(48-25-16-43-30(44-17-25)7-3-2-5-23-9-8-22(15-35)13-27(23)33)31(18-38-20-36-19-37-38,26-11-10-24(32)14-28(26)34)46-29(39)6-4-12-45-47(40,41)42/h2-3,5,7-11,13-14,19-21,25,30H,4,6,12,16-18H2,1H3,(H2,40,41,42)/b5-2+,7-3+/t21-,25-,30-,31-/m1/s1. The fraction of sp³-hybridized carbons (Fsp3) is 0.355. The minimum Gasteiger partial charge on any atom is -0.451 e. The average molecular weight is 709 g/mol. The Morgan fingerprint density at radius 2 is 1.98 bits per heavy atom. The van der Waals surface area contributed by atoms with Crippen molar-refractivity contribution in [3.05, 3.63) is 101 Å². The summed E-state index contributed by atoms with van der Waals surface area (Å²) in [5.41, 5.74) is -1.37. The summed E-state index contributed by atoms with van der Waals surface area (Å²) < 4.78 is 78.0. The lowest BCUT2D eigenvalue weighted by Crippen LogP contribution is -2.47. The lowest BCUT2D eigenvalue weighted by Gasteiger charge is -2.40. The van der Waals surface area contributed by atoms with Crippen molar-refractivity contribution in [2.24, 2.45) is 0 Å². The molecule has 1 fully saturated rings. The Hall–Kier alpha value is -3.81. The summed E-state index contributed by atoms with van der Waals surface area (Å²) in [7, 11) is -4.74. The van der Waals surface area contributed by atoms with E-state index in [0.29, 0.717) is 11.6 Å². The molecule has 0 radical (unpaired) electrons. The summed E-state index contributed by atoms with van der Waals surface area (Å²) in [6.07, 6.45) is 7.85. The van der Waals surface area contributed by atoms with Crippen molar-refractivity contribution in [2.45, 2.75) is 48.7 Å². The summed E-state index contributed by atoms with van der Waals surface area (Å²) >= 11 is 1.28. The van der Waals surface area contributed by atoms with Crippen LogP contribution in [0.4, 0.5) is 13.2 Å². The molecule has 2 heterocycles. The number of esters is 1. The van der Waals surface area contributed by atoms with E-state index in [1.54, 1.807) is 25.2 Å². The highest BCUT2D eigenvalue weighted by molar-refractivity contribution is 8.00. The second-order valence-electron chi connectivity index (χ2n) is 10.5. The molecule has 0 aliphatic carbocycles. The fourth-order valence-electron chi connectivity index (χ4n) is 4.78. The molecule has 12 nitrogen and oxygen atoms in total. The highest BCUT2D eigenvalue weighted by atomic mass is 32.2. The number of carbonyl (C=O) groups excluding carboxylic acids is 1. The number of rotatable bonds is 15. The minimum atomic E-state index is -4.74. The Morgan fingerprint density at radius 3 is 2.62 bits per heavy atom. The minimum absolute atomic E-state index is 0.104. The number of halogens is 3. The molecular weight excluding hydrogens is 676 g/mol. The number of thioether (sulfide) groups is 1. The van der Waals surface area contributed by atoms with Crippen molar-refractivity contribution < 1.29 is 51.1 Å². The number of nitrogens with zero attached hydrogens (tertiary/aromatic N) is 4. The van der Waals surface area contributed by atoms with Crippen molar-refractivity contribution in [1.29, 1.82) is 5.26 Å². The van der Waals surface area contributed by atoms with Gasteiger partial charge >= 0.3 is 13.8 Å². The summed E-state index contributed by atoms with van der Waals surface area (Å²) in [6, 6.07) is 8.94. The number of hydrogen-bond donors (Lipinski definition) is 2. The van der Waals surface area contributed by atoms with Crippen molar-refractivity contribution in [3.8, 4) is 6.07 Å². The smallest absolute Gasteiger partial charge is 0.451 e. The van der Waals surface area contributed by atoms with E-state index < -0.39 is 55.0 Å². The maximum absolute atomic E-state index is 15.5. The van der Waals surface area contributed by atoms with Gasteiger partial charge in [0.05, 0.1) is 43.2 Å². The summed E-state index contributed by atoms with van der Waals surface area (Å²) in [5, 5.41) is 11.9. The molecule has 3 aromatic rings. The zero-order chi connectivity index (χ0) is 34.7. The molecule has 2 aromatic carbocycles. The van der Waals surface area contributed by atoms with Crippen molar-refractivity contribution in [2.75, 3.05) is 19.8 Å². The van der Waals surface area contributed by atoms with Gasteiger partial charge in [0.25, 0.3) is 0 Å². The van der Waals surface area contributed by atoms with Gasteiger partial charge < -0.3 is 24.0 Å². The van der Waals surface area contributed by atoms with E-state index >= 15 is 4.39 Å².